The normalized spacial score (nSPS) is 12.5. The first-order valence-electron chi connectivity index (χ1n) is 22.4. The van der Waals surface area contributed by atoms with Gasteiger partial charge in [-0.2, -0.15) is 0 Å². The monoisotopic (exact) mass is 911 g/mol. The molecular formula is C53H61N5O9. The Morgan fingerprint density at radius 3 is 1.52 bits per heavy atom. The summed E-state index contributed by atoms with van der Waals surface area (Å²) in [5.41, 5.74) is 2.01. The Morgan fingerprint density at radius 2 is 1.01 bits per heavy atom. The molecule has 0 spiro atoms. The number of methoxy groups -OCH3 is 1. The van der Waals surface area contributed by atoms with E-state index in [4.69, 9.17) is 14.2 Å². The van der Waals surface area contributed by atoms with Crippen molar-refractivity contribution in [1.82, 2.24) is 26.6 Å². The number of amides is 5. The molecule has 0 saturated carbocycles. The van der Waals surface area contributed by atoms with E-state index < -0.39 is 65.1 Å². The van der Waals surface area contributed by atoms with Crippen LogP contribution in [-0.2, 0) is 52.0 Å². The minimum absolute atomic E-state index is 0.0395. The molecule has 0 heterocycles. The van der Waals surface area contributed by atoms with Crippen LogP contribution in [0.5, 0.6) is 0 Å². The minimum atomic E-state index is -1.38. The van der Waals surface area contributed by atoms with E-state index in [1.165, 1.54) is 7.11 Å². The van der Waals surface area contributed by atoms with Crippen molar-refractivity contribution in [1.29, 1.82) is 0 Å². The van der Waals surface area contributed by atoms with E-state index in [1.54, 1.807) is 57.2 Å². The Hall–Kier alpha value is -7.48. The maximum absolute atomic E-state index is 14.5. The van der Waals surface area contributed by atoms with Crippen molar-refractivity contribution in [3.8, 4) is 0 Å². The molecule has 0 aliphatic carbocycles. The molecular weight excluding hydrogens is 851 g/mol. The molecule has 0 aliphatic rings. The van der Waals surface area contributed by atoms with Gasteiger partial charge in [-0.3, -0.25) is 14.4 Å². The van der Waals surface area contributed by atoms with Gasteiger partial charge in [0.05, 0.1) is 7.11 Å². The first kappa shape index (κ1) is 50.5. The standard InChI is InChI=1S/C53H61N5O9/c1-52(2,3)67-50(63)54-35-21-20-32-44(49(62)65-4)56-47(60)43(55-48(61)45(36-38-22-10-5-11-23-38)57-51(64)66-37-39-24-12-6-13-25-39)33-34-46(59)58-53(40-26-14-7-15-27-40,41-28-16-8-17-29-41)42-30-18-9-19-31-42/h5-19,22-31,43-45H,20-21,32-37H2,1-4H3,(H,54,63)(H,55,61)(H,56,60)(H,57,64)(H,58,59)/t43-,44-,45-/m1/s1. The van der Waals surface area contributed by atoms with E-state index in [0.717, 1.165) is 27.8 Å². The van der Waals surface area contributed by atoms with Crippen LogP contribution in [0.2, 0.25) is 0 Å². The van der Waals surface area contributed by atoms with Gasteiger partial charge in [0.1, 0.15) is 35.9 Å². The summed E-state index contributed by atoms with van der Waals surface area (Å²) in [6.07, 6.45) is -0.875. The lowest BCUT2D eigenvalue weighted by atomic mass is 9.77. The Morgan fingerprint density at radius 1 is 0.537 bits per heavy atom. The predicted octanol–water partition coefficient (Wildman–Crippen LogP) is 7.25. The second-order valence-electron chi connectivity index (χ2n) is 17.0. The highest BCUT2D eigenvalue weighted by Crippen LogP contribution is 2.37. The molecule has 0 fully saturated rings. The fourth-order valence-corrected chi connectivity index (χ4v) is 7.48. The van der Waals surface area contributed by atoms with Gasteiger partial charge in [-0.15, -0.1) is 0 Å². The molecule has 0 unspecified atom stereocenters. The van der Waals surface area contributed by atoms with Crippen LogP contribution in [0.25, 0.3) is 0 Å². The number of carbonyl (C=O) groups excluding carboxylic acids is 6. The third kappa shape index (κ3) is 15.9. The average molecular weight is 912 g/mol. The number of carbonyl (C=O) groups is 6. The lowest BCUT2D eigenvalue weighted by molar-refractivity contribution is -0.145. The van der Waals surface area contributed by atoms with E-state index in [1.807, 2.05) is 115 Å². The maximum Gasteiger partial charge on any atom is 0.408 e. The Labute approximate surface area is 392 Å². The van der Waals surface area contributed by atoms with E-state index in [2.05, 4.69) is 26.6 Å². The highest BCUT2D eigenvalue weighted by atomic mass is 16.6. The number of nitrogens with one attached hydrogen (secondary N) is 5. The van der Waals surface area contributed by atoms with Gasteiger partial charge in [0.15, 0.2) is 0 Å². The SMILES string of the molecule is COC(=O)[C@@H](CCCCNC(=O)OC(C)(C)C)NC(=O)[C@@H](CCC(=O)NC(c1ccccc1)(c1ccccc1)c1ccccc1)NC(=O)[C@@H](Cc1ccccc1)NC(=O)OCc1ccccc1. The summed E-state index contributed by atoms with van der Waals surface area (Å²) in [6, 6.07) is 43.0. The topological polar surface area (TPSA) is 190 Å². The van der Waals surface area contributed by atoms with Crippen molar-refractivity contribution in [2.24, 2.45) is 0 Å². The summed E-state index contributed by atoms with van der Waals surface area (Å²) in [7, 11) is 1.20. The van der Waals surface area contributed by atoms with Crippen molar-refractivity contribution in [2.45, 2.75) is 95.2 Å². The summed E-state index contributed by atoms with van der Waals surface area (Å²) in [5.74, 6) is -2.64. The second-order valence-corrected chi connectivity index (χ2v) is 17.0. The average Bonchev–Trinajstić information content (AvgIpc) is 3.33. The van der Waals surface area contributed by atoms with E-state index >= 15 is 0 Å². The largest absolute Gasteiger partial charge is 0.467 e. The molecule has 0 radical (unpaired) electrons. The van der Waals surface area contributed by atoms with E-state index in [-0.39, 0.29) is 38.8 Å². The van der Waals surface area contributed by atoms with Crippen molar-refractivity contribution >= 4 is 35.9 Å². The minimum Gasteiger partial charge on any atom is -0.467 e. The fourth-order valence-electron chi connectivity index (χ4n) is 7.48. The molecule has 14 heteroatoms. The summed E-state index contributed by atoms with van der Waals surface area (Å²) < 4.78 is 15.8. The lowest BCUT2D eigenvalue weighted by Gasteiger charge is -2.37. The van der Waals surface area contributed by atoms with Crippen molar-refractivity contribution in [3.63, 3.8) is 0 Å². The van der Waals surface area contributed by atoms with Crippen molar-refractivity contribution < 1.29 is 43.0 Å². The molecule has 5 N–H and O–H groups in total. The number of rotatable bonds is 22. The third-order valence-electron chi connectivity index (χ3n) is 10.7. The van der Waals surface area contributed by atoms with Crippen LogP contribution in [0.15, 0.2) is 152 Å². The van der Waals surface area contributed by atoms with Crippen molar-refractivity contribution in [3.05, 3.63) is 179 Å². The van der Waals surface area contributed by atoms with Crippen LogP contribution in [0.3, 0.4) is 0 Å². The number of alkyl carbamates (subject to hydrolysis) is 2. The molecule has 0 bridgehead atoms. The molecule has 5 aromatic rings. The highest BCUT2D eigenvalue weighted by Gasteiger charge is 2.38. The van der Waals surface area contributed by atoms with Crippen LogP contribution in [0.1, 0.15) is 80.7 Å². The van der Waals surface area contributed by atoms with Gasteiger partial charge in [-0.25, -0.2) is 14.4 Å². The molecule has 0 aliphatic heterocycles. The molecule has 3 atom stereocenters. The summed E-state index contributed by atoms with van der Waals surface area (Å²) in [6.45, 7) is 5.48. The number of benzene rings is 5. The molecule has 0 aromatic heterocycles. The zero-order chi connectivity index (χ0) is 48.1. The van der Waals surface area contributed by atoms with Crippen molar-refractivity contribution in [2.75, 3.05) is 13.7 Å². The number of hydrogen-bond donors (Lipinski definition) is 5. The van der Waals surface area contributed by atoms with Crippen LogP contribution in [0.4, 0.5) is 9.59 Å². The Bertz CT molecular complexity index is 2250. The lowest BCUT2D eigenvalue weighted by Crippen LogP contribution is -2.56. The molecule has 5 rings (SSSR count). The zero-order valence-electron chi connectivity index (χ0n) is 38.5. The summed E-state index contributed by atoms with van der Waals surface area (Å²) in [4.78, 5) is 81.7. The Kier molecular flexibility index (Phi) is 19.1. The number of unbranched alkanes of at least 4 members (excludes halogenated alkanes) is 1. The number of esters is 1. The van der Waals surface area contributed by atoms with Crippen LogP contribution >= 0.6 is 0 Å². The van der Waals surface area contributed by atoms with Crippen LogP contribution in [0, 0.1) is 0 Å². The Balaban J connectivity index is 1.40. The zero-order valence-corrected chi connectivity index (χ0v) is 38.5. The van der Waals surface area contributed by atoms with E-state index in [9.17, 15) is 28.8 Å². The summed E-state index contributed by atoms with van der Waals surface area (Å²) in [5, 5.41) is 14.2. The molecule has 14 nitrogen and oxygen atoms in total. The molecule has 5 amide bonds. The van der Waals surface area contributed by atoms with Gasteiger partial charge in [0, 0.05) is 19.4 Å². The van der Waals surface area contributed by atoms with Gasteiger partial charge in [0.2, 0.25) is 17.7 Å². The molecule has 0 saturated heterocycles. The van der Waals surface area contributed by atoms with Gasteiger partial charge in [-0.1, -0.05) is 152 Å². The highest BCUT2D eigenvalue weighted by molar-refractivity contribution is 5.93. The predicted molar refractivity (Wildman–Crippen MR) is 254 cm³/mol. The summed E-state index contributed by atoms with van der Waals surface area (Å²) >= 11 is 0. The van der Waals surface area contributed by atoms with Gasteiger partial charge < -0.3 is 40.8 Å². The van der Waals surface area contributed by atoms with Crippen LogP contribution < -0.4 is 26.6 Å². The number of hydrogen-bond acceptors (Lipinski definition) is 9. The maximum atomic E-state index is 14.5. The molecule has 67 heavy (non-hydrogen) atoms. The fraction of sp³-hybridized carbons (Fsp3) is 0.321. The molecule has 5 aromatic carbocycles. The van der Waals surface area contributed by atoms with Gasteiger partial charge in [-0.05, 0) is 74.3 Å². The molecule has 352 valence electrons. The van der Waals surface area contributed by atoms with Gasteiger partial charge >= 0.3 is 18.2 Å². The first-order valence-corrected chi connectivity index (χ1v) is 22.4. The van der Waals surface area contributed by atoms with Gasteiger partial charge in [0.25, 0.3) is 0 Å². The number of ether oxygens (including phenoxy) is 3. The smallest absolute Gasteiger partial charge is 0.408 e. The first-order chi connectivity index (χ1) is 32.3. The third-order valence-corrected chi connectivity index (χ3v) is 10.7. The van der Waals surface area contributed by atoms with Crippen LogP contribution in [-0.4, -0.2) is 73.3 Å². The second kappa shape index (κ2) is 25.3. The van der Waals surface area contributed by atoms with E-state index in [0.29, 0.717) is 12.8 Å². The quantitative estimate of drug-likeness (QED) is 0.0206.